The Labute approximate surface area is 90.9 Å². The largest absolute Gasteiger partial charge is 0.344 e. The van der Waals surface area contributed by atoms with E-state index in [2.05, 4.69) is 4.98 Å². The highest BCUT2D eigenvalue weighted by atomic mass is 35.5. The highest BCUT2D eigenvalue weighted by Crippen LogP contribution is 2.24. The summed E-state index contributed by atoms with van der Waals surface area (Å²) in [7, 11) is 0. The van der Waals surface area contributed by atoms with Crippen molar-refractivity contribution in [2.24, 2.45) is 0 Å². The predicted octanol–water partition coefficient (Wildman–Crippen LogP) is 3.35. The Bertz CT molecular complexity index is 523. The van der Waals surface area contributed by atoms with Crippen LogP contribution in [0.5, 0.6) is 0 Å². The van der Waals surface area contributed by atoms with Crippen LogP contribution in [-0.4, -0.2) is 4.98 Å². The first-order valence-electron chi connectivity index (χ1n) is 4.25. The van der Waals surface area contributed by atoms with E-state index in [1.807, 2.05) is 6.07 Å². The second-order valence-corrected chi connectivity index (χ2v) is 3.41. The van der Waals surface area contributed by atoms with Crippen LogP contribution in [0.15, 0.2) is 30.3 Å². The van der Waals surface area contributed by atoms with Gasteiger partial charge in [-0.05, 0) is 35.9 Å². The van der Waals surface area contributed by atoms with E-state index < -0.39 is 0 Å². The third-order valence-electron chi connectivity index (χ3n) is 2.05. The molecule has 0 radical (unpaired) electrons. The number of nitriles is 1. The summed E-state index contributed by atoms with van der Waals surface area (Å²) in [6.45, 7) is 0. The topological polar surface area (TPSA) is 39.6 Å². The number of hydrogen-bond acceptors (Lipinski definition) is 1. The fraction of sp³-hybridized carbons (Fsp3) is 0. The Balaban J connectivity index is 2.46. The summed E-state index contributed by atoms with van der Waals surface area (Å²) >= 11 is 5.77. The lowest BCUT2D eigenvalue weighted by Crippen LogP contribution is -1.77. The standard InChI is InChI=1S/C11H6ClFN2/c12-11-8(6-14)5-10(15-11)7-1-3-9(13)4-2-7/h1-5,15H. The molecule has 2 aromatic rings. The molecule has 1 aromatic heterocycles. The van der Waals surface area contributed by atoms with Crippen LogP contribution in [0.4, 0.5) is 4.39 Å². The number of hydrogen-bond donors (Lipinski definition) is 1. The van der Waals surface area contributed by atoms with Gasteiger partial charge in [-0.3, -0.25) is 0 Å². The minimum absolute atomic E-state index is 0.295. The van der Waals surface area contributed by atoms with Crippen molar-refractivity contribution in [1.29, 1.82) is 5.26 Å². The maximum atomic E-state index is 12.7. The van der Waals surface area contributed by atoms with Crippen LogP contribution >= 0.6 is 11.6 Å². The van der Waals surface area contributed by atoms with Gasteiger partial charge in [-0.25, -0.2) is 4.39 Å². The molecule has 0 spiro atoms. The molecule has 0 aliphatic heterocycles. The smallest absolute Gasteiger partial charge is 0.124 e. The lowest BCUT2D eigenvalue weighted by Gasteiger charge is -1.96. The average Bonchev–Trinajstić information content (AvgIpc) is 2.61. The van der Waals surface area contributed by atoms with E-state index >= 15 is 0 Å². The molecule has 2 nitrogen and oxygen atoms in total. The van der Waals surface area contributed by atoms with Crippen molar-refractivity contribution >= 4 is 11.6 Å². The van der Waals surface area contributed by atoms with Gasteiger partial charge in [-0.15, -0.1) is 0 Å². The molecule has 1 aromatic carbocycles. The Morgan fingerprint density at radius 2 is 1.93 bits per heavy atom. The van der Waals surface area contributed by atoms with Crippen molar-refractivity contribution in [3.05, 3.63) is 46.9 Å². The first kappa shape index (κ1) is 9.75. The van der Waals surface area contributed by atoms with Gasteiger partial charge in [0.2, 0.25) is 0 Å². The lowest BCUT2D eigenvalue weighted by atomic mass is 10.1. The summed E-state index contributed by atoms with van der Waals surface area (Å²) in [5, 5.41) is 9.01. The lowest BCUT2D eigenvalue weighted by molar-refractivity contribution is 0.628. The number of halogens is 2. The summed E-state index contributed by atoms with van der Waals surface area (Å²) in [6.07, 6.45) is 0. The minimum Gasteiger partial charge on any atom is -0.344 e. The Kier molecular flexibility index (Phi) is 2.44. The van der Waals surface area contributed by atoms with Crippen LogP contribution in [0.25, 0.3) is 11.3 Å². The van der Waals surface area contributed by atoms with Gasteiger partial charge < -0.3 is 4.98 Å². The predicted molar refractivity (Wildman–Crippen MR) is 55.9 cm³/mol. The zero-order valence-electron chi connectivity index (χ0n) is 7.59. The second-order valence-electron chi connectivity index (χ2n) is 3.03. The molecule has 0 aliphatic rings. The van der Waals surface area contributed by atoms with Crippen LogP contribution in [0, 0.1) is 17.1 Å². The van der Waals surface area contributed by atoms with E-state index in [1.165, 1.54) is 12.1 Å². The van der Waals surface area contributed by atoms with E-state index in [0.29, 0.717) is 16.4 Å². The third kappa shape index (κ3) is 1.85. The van der Waals surface area contributed by atoms with Gasteiger partial charge >= 0.3 is 0 Å². The highest BCUT2D eigenvalue weighted by Gasteiger charge is 2.06. The van der Waals surface area contributed by atoms with Crippen molar-refractivity contribution in [3.63, 3.8) is 0 Å². The van der Waals surface area contributed by atoms with Gasteiger partial charge in [0, 0.05) is 5.69 Å². The Morgan fingerprint density at radius 3 is 2.47 bits per heavy atom. The van der Waals surface area contributed by atoms with E-state index in [9.17, 15) is 4.39 Å². The Morgan fingerprint density at radius 1 is 1.27 bits per heavy atom. The van der Waals surface area contributed by atoms with E-state index in [-0.39, 0.29) is 5.82 Å². The van der Waals surface area contributed by atoms with Crippen molar-refractivity contribution in [2.45, 2.75) is 0 Å². The van der Waals surface area contributed by atoms with Crippen LogP contribution in [0.2, 0.25) is 5.15 Å². The van der Waals surface area contributed by atoms with Gasteiger partial charge in [0.25, 0.3) is 0 Å². The number of H-pyrrole nitrogens is 1. The molecule has 0 saturated carbocycles. The number of aromatic amines is 1. The van der Waals surface area contributed by atoms with Gasteiger partial charge in [-0.2, -0.15) is 5.26 Å². The molecule has 2 rings (SSSR count). The molecule has 0 bridgehead atoms. The SMILES string of the molecule is N#Cc1cc(-c2ccc(F)cc2)[nH]c1Cl. The minimum atomic E-state index is -0.295. The van der Waals surface area contributed by atoms with Crippen molar-refractivity contribution in [1.82, 2.24) is 4.98 Å². The van der Waals surface area contributed by atoms with E-state index in [1.54, 1.807) is 18.2 Å². The second kappa shape index (κ2) is 3.76. The maximum Gasteiger partial charge on any atom is 0.124 e. The summed E-state index contributed by atoms with van der Waals surface area (Å²) in [5.74, 6) is -0.295. The monoisotopic (exact) mass is 220 g/mol. The molecule has 0 saturated heterocycles. The van der Waals surface area contributed by atoms with Crippen molar-refractivity contribution in [3.8, 4) is 17.3 Å². The summed E-state index contributed by atoms with van der Waals surface area (Å²) in [5.41, 5.74) is 1.88. The normalized spacial score (nSPS) is 9.93. The highest BCUT2D eigenvalue weighted by molar-refractivity contribution is 6.30. The molecule has 0 aliphatic carbocycles. The number of nitrogens with zero attached hydrogens (tertiary/aromatic N) is 1. The number of aromatic nitrogens is 1. The maximum absolute atomic E-state index is 12.7. The summed E-state index contributed by atoms with van der Waals surface area (Å²) in [6, 6.07) is 9.56. The van der Waals surface area contributed by atoms with Crippen LogP contribution in [0.1, 0.15) is 5.56 Å². The first-order chi connectivity index (χ1) is 7.20. The summed E-state index contributed by atoms with van der Waals surface area (Å²) in [4.78, 5) is 2.85. The molecule has 4 heteroatoms. The zero-order chi connectivity index (χ0) is 10.8. The fourth-order valence-corrected chi connectivity index (χ4v) is 1.49. The van der Waals surface area contributed by atoms with Gasteiger partial charge in [0.05, 0.1) is 5.56 Å². The molecule has 74 valence electrons. The molecule has 1 N–H and O–H groups in total. The van der Waals surface area contributed by atoms with E-state index in [0.717, 1.165) is 5.56 Å². The molecule has 0 amide bonds. The van der Waals surface area contributed by atoms with Crippen LogP contribution < -0.4 is 0 Å². The number of nitrogens with one attached hydrogen (secondary N) is 1. The van der Waals surface area contributed by atoms with Crippen molar-refractivity contribution in [2.75, 3.05) is 0 Å². The van der Waals surface area contributed by atoms with Crippen molar-refractivity contribution < 1.29 is 4.39 Å². The molecule has 15 heavy (non-hydrogen) atoms. The molecule has 1 heterocycles. The first-order valence-corrected chi connectivity index (χ1v) is 4.63. The van der Waals surface area contributed by atoms with Crippen LogP contribution in [0.3, 0.4) is 0 Å². The average molecular weight is 221 g/mol. The quantitative estimate of drug-likeness (QED) is 0.787. The van der Waals surface area contributed by atoms with Gasteiger partial charge in [0.1, 0.15) is 17.0 Å². The molecule has 0 fully saturated rings. The molecule has 0 atom stereocenters. The van der Waals surface area contributed by atoms with E-state index in [4.69, 9.17) is 16.9 Å². The third-order valence-corrected chi connectivity index (χ3v) is 2.34. The summed E-state index contributed by atoms with van der Waals surface area (Å²) < 4.78 is 12.7. The zero-order valence-corrected chi connectivity index (χ0v) is 8.35. The Hall–Kier alpha value is -1.79. The fourth-order valence-electron chi connectivity index (χ4n) is 1.30. The molecular formula is C11H6ClFN2. The number of rotatable bonds is 1. The number of benzene rings is 1. The van der Waals surface area contributed by atoms with Crippen LogP contribution in [-0.2, 0) is 0 Å². The molecular weight excluding hydrogens is 215 g/mol. The van der Waals surface area contributed by atoms with Gasteiger partial charge in [0.15, 0.2) is 0 Å². The van der Waals surface area contributed by atoms with Gasteiger partial charge in [-0.1, -0.05) is 11.6 Å². The molecule has 0 unspecified atom stereocenters.